The van der Waals surface area contributed by atoms with Crippen LogP contribution in [0, 0.1) is 6.07 Å². The lowest BCUT2D eigenvalue weighted by Crippen LogP contribution is -2.05. The van der Waals surface area contributed by atoms with Gasteiger partial charge in [0.15, 0.2) is 0 Å². The Morgan fingerprint density at radius 2 is 1.81 bits per heavy atom. The Morgan fingerprint density at radius 1 is 1.06 bits per heavy atom. The van der Waals surface area contributed by atoms with Crippen LogP contribution in [0.15, 0.2) is 18.2 Å². The van der Waals surface area contributed by atoms with Crippen molar-refractivity contribution in [1.82, 2.24) is 0 Å². The quantitative estimate of drug-likeness (QED) is 0.757. The minimum Gasteiger partial charge on any atom is -0.374 e. The molecule has 2 heterocycles. The van der Waals surface area contributed by atoms with Gasteiger partial charge < -0.3 is 9.47 Å². The maximum absolute atomic E-state index is 5.76. The third-order valence-corrected chi connectivity index (χ3v) is 3.45. The minimum atomic E-state index is 0.250. The molecule has 0 N–H and O–H groups in total. The predicted molar refractivity (Wildman–Crippen MR) is 61.1 cm³/mol. The molecule has 0 saturated carbocycles. The van der Waals surface area contributed by atoms with E-state index in [2.05, 4.69) is 18.2 Å². The number of hydrogen-bond acceptors (Lipinski definition) is 2. The van der Waals surface area contributed by atoms with Gasteiger partial charge in [-0.05, 0) is 42.9 Å². The summed E-state index contributed by atoms with van der Waals surface area (Å²) in [7, 11) is 0. The molecule has 2 fully saturated rings. The molecule has 85 valence electrons. The van der Waals surface area contributed by atoms with Gasteiger partial charge in [-0.3, -0.25) is 0 Å². The van der Waals surface area contributed by atoms with E-state index < -0.39 is 0 Å². The average molecular weight is 217 g/mol. The van der Waals surface area contributed by atoms with Crippen LogP contribution in [-0.4, -0.2) is 13.2 Å². The summed E-state index contributed by atoms with van der Waals surface area (Å²) in [6.07, 6.45) is 5.12. The molecule has 0 bridgehead atoms. The van der Waals surface area contributed by atoms with Crippen LogP contribution in [0.2, 0.25) is 0 Å². The fraction of sp³-hybridized carbons (Fsp3) is 0.571. The predicted octanol–water partition coefficient (Wildman–Crippen LogP) is 3.19. The number of ether oxygens (including phenoxy) is 2. The van der Waals surface area contributed by atoms with Gasteiger partial charge in [0.1, 0.15) is 0 Å². The highest BCUT2D eigenvalue weighted by Crippen LogP contribution is 2.37. The molecule has 0 spiro atoms. The average Bonchev–Trinajstić information content (AvgIpc) is 3.03. The van der Waals surface area contributed by atoms with Crippen LogP contribution in [-0.2, 0) is 9.47 Å². The summed E-state index contributed by atoms with van der Waals surface area (Å²) in [4.78, 5) is 0. The topological polar surface area (TPSA) is 18.5 Å². The molecule has 1 aromatic rings. The number of hydrogen-bond donors (Lipinski definition) is 0. The summed E-state index contributed by atoms with van der Waals surface area (Å²) in [5.41, 5.74) is 2.53. The van der Waals surface area contributed by atoms with E-state index in [1.807, 2.05) is 6.07 Å². The smallest absolute Gasteiger partial charge is 0.0835 e. The Bertz CT molecular complexity index is 315. The zero-order valence-electron chi connectivity index (χ0n) is 9.45. The zero-order chi connectivity index (χ0) is 10.8. The summed E-state index contributed by atoms with van der Waals surface area (Å²) >= 11 is 0. The lowest BCUT2D eigenvalue weighted by Gasteiger charge is -2.18. The van der Waals surface area contributed by atoms with E-state index in [4.69, 9.17) is 9.47 Å². The fourth-order valence-electron chi connectivity index (χ4n) is 2.65. The van der Waals surface area contributed by atoms with Crippen molar-refractivity contribution >= 4 is 0 Å². The van der Waals surface area contributed by atoms with Crippen molar-refractivity contribution in [2.75, 3.05) is 13.2 Å². The second-order valence-electron chi connectivity index (χ2n) is 4.54. The molecule has 2 heteroatoms. The highest BCUT2D eigenvalue weighted by Gasteiger charge is 2.26. The van der Waals surface area contributed by atoms with E-state index in [9.17, 15) is 0 Å². The first-order chi connectivity index (χ1) is 7.95. The Labute approximate surface area is 96.6 Å². The van der Waals surface area contributed by atoms with Gasteiger partial charge in [-0.1, -0.05) is 18.2 Å². The van der Waals surface area contributed by atoms with Gasteiger partial charge in [0.2, 0.25) is 0 Å². The number of rotatable bonds is 2. The second-order valence-corrected chi connectivity index (χ2v) is 4.54. The van der Waals surface area contributed by atoms with Crippen LogP contribution in [0.3, 0.4) is 0 Å². The minimum absolute atomic E-state index is 0.250. The van der Waals surface area contributed by atoms with E-state index in [0.717, 1.165) is 26.1 Å². The lowest BCUT2D eigenvalue weighted by atomic mass is 9.95. The summed E-state index contributed by atoms with van der Waals surface area (Å²) in [5, 5.41) is 0. The van der Waals surface area contributed by atoms with Crippen LogP contribution in [0.5, 0.6) is 0 Å². The van der Waals surface area contributed by atoms with Crippen molar-refractivity contribution in [3.63, 3.8) is 0 Å². The molecule has 1 aromatic carbocycles. The van der Waals surface area contributed by atoms with Crippen molar-refractivity contribution in [3.05, 3.63) is 35.4 Å². The maximum atomic E-state index is 5.76. The third-order valence-electron chi connectivity index (χ3n) is 3.45. The van der Waals surface area contributed by atoms with E-state index in [1.54, 1.807) is 0 Å². The van der Waals surface area contributed by atoms with Gasteiger partial charge in [0.25, 0.3) is 0 Å². The van der Waals surface area contributed by atoms with E-state index in [1.165, 1.54) is 24.0 Å². The molecule has 2 aliphatic heterocycles. The van der Waals surface area contributed by atoms with Gasteiger partial charge in [-0.15, -0.1) is 0 Å². The highest BCUT2D eigenvalue weighted by molar-refractivity contribution is 5.31. The monoisotopic (exact) mass is 217 g/mol. The number of benzene rings is 1. The molecule has 2 unspecified atom stereocenters. The second kappa shape index (κ2) is 4.56. The molecule has 2 saturated heterocycles. The van der Waals surface area contributed by atoms with Crippen molar-refractivity contribution < 1.29 is 9.47 Å². The third kappa shape index (κ3) is 1.87. The maximum Gasteiger partial charge on any atom is 0.0835 e. The standard InChI is InChI=1S/C14H17O2/c1-2-6-12(14-8-4-10-16-14)11(5-1)13-7-3-9-15-13/h1-2,5,13-14H,3-4,7-10H2. The van der Waals surface area contributed by atoms with Gasteiger partial charge in [0.05, 0.1) is 12.2 Å². The molecular weight excluding hydrogens is 200 g/mol. The molecule has 2 nitrogen and oxygen atoms in total. The van der Waals surface area contributed by atoms with Gasteiger partial charge >= 0.3 is 0 Å². The fourth-order valence-corrected chi connectivity index (χ4v) is 2.65. The van der Waals surface area contributed by atoms with Gasteiger partial charge in [-0.25, -0.2) is 0 Å². The summed E-state index contributed by atoms with van der Waals surface area (Å²) in [5.74, 6) is 0. The zero-order valence-corrected chi connectivity index (χ0v) is 9.45. The van der Waals surface area contributed by atoms with Gasteiger partial charge in [-0.2, -0.15) is 0 Å². The van der Waals surface area contributed by atoms with Crippen LogP contribution in [0.4, 0.5) is 0 Å². The van der Waals surface area contributed by atoms with Gasteiger partial charge in [0, 0.05) is 13.2 Å². The lowest BCUT2D eigenvalue weighted by molar-refractivity contribution is 0.0940. The first kappa shape index (κ1) is 10.3. The normalized spacial score (nSPS) is 29.8. The van der Waals surface area contributed by atoms with Crippen molar-refractivity contribution in [2.24, 2.45) is 0 Å². The summed E-state index contributed by atoms with van der Waals surface area (Å²) in [6.45, 7) is 1.78. The molecular formula is C14H17O2. The molecule has 2 aliphatic rings. The first-order valence-corrected chi connectivity index (χ1v) is 6.19. The molecule has 0 aliphatic carbocycles. The van der Waals surface area contributed by atoms with Crippen molar-refractivity contribution in [2.45, 2.75) is 37.9 Å². The molecule has 2 atom stereocenters. The van der Waals surface area contributed by atoms with Crippen molar-refractivity contribution in [3.8, 4) is 0 Å². The highest BCUT2D eigenvalue weighted by atomic mass is 16.5. The summed E-state index contributed by atoms with van der Waals surface area (Å²) < 4.78 is 11.5. The molecule has 0 amide bonds. The molecule has 16 heavy (non-hydrogen) atoms. The molecule has 1 radical (unpaired) electrons. The molecule has 3 rings (SSSR count). The van der Waals surface area contributed by atoms with E-state index in [0.29, 0.717) is 0 Å². The summed E-state index contributed by atoms with van der Waals surface area (Å²) in [6, 6.07) is 9.55. The first-order valence-electron chi connectivity index (χ1n) is 6.19. The van der Waals surface area contributed by atoms with Crippen LogP contribution in [0.1, 0.15) is 49.0 Å². The van der Waals surface area contributed by atoms with Crippen molar-refractivity contribution in [1.29, 1.82) is 0 Å². The van der Waals surface area contributed by atoms with Crippen LogP contribution >= 0.6 is 0 Å². The van der Waals surface area contributed by atoms with Crippen LogP contribution in [0.25, 0.3) is 0 Å². The Balaban J connectivity index is 1.90. The Hall–Kier alpha value is -0.860. The SMILES string of the molecule is [c]1cccc(C2CCCO2)c1C1CCCO1. The molecule has 0 aromatic heterocycles. The Morgan fingerprint density at radius 3 is 2.50 bits per heavy atom. The van der Waals surface area contributed by atoms with E-state index >= 15 is 0 Å². The van der Waals surface area contributed by atoms with E-state index in [-0.39, 0.29) is 12.2 Å². The Kier molecular flexibility index (Phi) is 2.94. The van der Waals surface area contributed by atoms with Crippen LogP contribution < -0.4 is 0 Å². The largest absolute Gasteiger partial charge is 0.374 e.